The maximum atomic E-state index is 11.9. The fourth-order valence-corrected chi connectivity index (χ4v) is 3.41. The van der Waals surface area contributed by atoms with Gasteiger partial charge in [-0.05, 0) is 30.7 Å². The third-order valence-corrected chi connectivity index (χ3v) is 4.96. The van der Waals surface area contributed by atoms with Crippen molar-refractivity contribution in [1.29, 1.82) is 0 Å². The summed E-state index contributed by atoms with van der Waals surface area (Å²) in [6.07, 6.45) is 3.15. The lowest BCUT2D eigenvalue weighted by Gasteiger charge is -2.10. The van der Waals surface area contributed by atoms with Crippen molar-refractivity contribution in [2.24, 2.45) is 0 Å². The molecule has 0 bridgehead atoms. The largest absolute Gasteiger partial charge is 0.493 e. The zero-order chi connectivity index (χ0) is 19.9. The predicted molar refractivity (Wildman–Crippen MR) is 111 cm³/mol. The van der Waals surface area contributed by atoms with Crippen LogP contribution in [0, 0.1) is 6.92 Å². The van der Waals surface area contributed by atoms with E-state index in [2.05, 4.69) is 4.98 Å². The Morgan fingerprint density at radius 2 is 1.89 bits per heavy atom. The third kappa shape index (κ3) is 4.78. The molecule has 0 saturated heterocycles. The van der Waals surface area contributed by atoms with Crippen LogP contribution in [0.4, 0.5) is 0 Å². The summed E-state index contributed by atoms with van der Waals surface area (Å²) in [6, 6.07) is 13.5. The number of nitrogens with zero attached hydrogens (tertiary/aromatic N) is 1. The Morgan fingerprint density at radius 1 is 1.11 bits per heavy atom. The second-order valence-corrected chi connectivity index (χ2v) is 6.89. The molecule has 144 valence electrons. The minimum absolute atomic E-state index is 0.111. The first-order valence-corrected chi connectivity index (χ1v) is 9.56. The van der Waals surface area contributed by atoms with Gasteiger partial charge in [-0.3, -0.25) is 0 Å². The average molecular weight is 395 g/mol. The number of esters is 1. The molecule has 0 N–H and O–H groups in total. The normalized spacial score (nSPS) is 10.8. The number of hydrogen-bond acceptors (Lipinski definition) is 6. The maximum Gasteiger partial charge on any atom is 0.331 e. The van der Waals surface area contributed by atoms with Gasteiger partial charge in [-0.1, -0.05) is 35.9 Å². The zero-order valence-electron chi connectivity index (χ0n) is 16.0. The number of carbonyl (C=O) groups is 1. The summed E-state index contributed by atoms with van der Waals surface area (Å²) >= 11 is 1.46. The Hall–Kier alpha value is -3.12. The quantitative estimate of drug-likeness (QED) is 0.421. The molecule has 3 aromatic rings. The average Bonchev–Trinajstić information content (AvgIpc) is 3.20. The van der Waals surface area contributed by atoms with E-state index in [-0.39, 0.29) is 6.61 Å². The highest BCUT2D eigenvalue weighted by atomic mass is 32.1. The Bertz CT molecular complexity index is 976. The molecular weight excluding hydrogens is 374 g/mol. The lowest BCUT2D eigenvalue weighted by atomic mass is 10.1. The van der Waals surface area contributed by atoms with Crippen LogP contribution in [-0.2, 0) is 16.1 Å². The van der Waals surface area contributed by atoms with E-state index in [0.29, 0.717) is 17.2 Å². The molecule has 28 heavy (non-hydrogen) atoms. The Balaban J connectivity index is 1.64. The SMILES string of the molecule is COc1cccc(-c2nc(COC(=O)/C=C/c3ccc(C)cc3)cs2)c1OC. The standard InChI is InChI=1S/C22H21NO4S/c1-15-7-9-16(10-8-15)11-12-20(24)27-13-17-14-28-22(23-17)18-5-4-6-19(25-2)21(18)26-3/h4-12,14H,13H2,1-3H3/b12-11+. The fraction of sp³-hybridized carbons (Fsp3) is 0.182. The topological polar surface area (TPSA) is 57.7 Å². The molecule has 6 heteroatoms. The number of hydrogen-bond donors (Lipinski definition) is 0. The van der Waals surface area contributed by atoms with E-state index in [1.54, 1.807) is 20.3 Å². The van der Waals surface area contributed by atoms with Crippen molar-refractivity contribution >= 4 is 23.4 Å². The molecule has 0 unspecified atom stereocenters. The van der Waals surface area contributed by atoms with E-state index in [4.69, 9.17) is 14.2 Å². The van der Waals surface area contributed by atoms with Crippen LogP contribution in [-0.4, -0.2) is 25.2 Å². The summed E-state index contributed by atoms with van der Waals surface area (Å²) in [5.41, 5.74) is 3.64. The number of aryl methyl sites for hydroxylation is 1. The molecule has 0 aliphatic carbocycles. The number of benzene rings is 2. The smallest absolute Gasteiger partial charge is 0.331 e. The van der Waals surface area contributed by atoms with Gasteiger partial charge in [0.1, 0.15) is 11.6 Å². The maximum absolute atomic E-state index is 11.9. The fourth-order valence-electron chi connectivity index (χ4n) is 2.59. The van der Waals surface area contributed by atoms with Gasteiger partial charge in [-0.15, -0.1) is 11.3 Å². The van der Waals surface area contributed by atoms with Crippen molar-refractivity contribution in [3.05, 3.63) is 70.7 Å². The van der Waals surface area contributed by atoms with E-state index in [1.807, 2.05) is 54.8 Å². The Morgan fingerprint density at radius 3 is 2.61 bits per heavy atom. The lowest BCUT2D eigenvalue weighted by Crippen LogP contribution is -2.01. The highest BCUT2D eigenvalue weighted by Gasteiger charge is 2.15. The molecule has 0 aliphatic heterocycles. The van der Waals surface area contributed by atoms with E-state index >= 15 is 0 Å². The summed E-state index contributed by atoms with van der Waals surface area (Å²) in [5.74, 6) is 0.863. The first-order chi connectivity index (χ1) is 13.6. The van der Waals surface area contributed by atoms with Crippen molar-refractivity contribution in [3.8, 4) is 22.1 Å². The molecule has 2 aromatic carbocycles. The van der Waals surface area contributed by atoms with Crippen LogP contribution in [0.5, 0.6) is 11.5 Å². The number of para-hydroxylation sites is 1. The number of ether oxygens (including phenoxy) is 3. The van der Waals surface area contributed by atoms with Gasteiger partial charge in [0.25, 0.3) is 0 Å². The van der Waals surface area contributed by atoms with Crippen LogP contribution < -0.4 is 9.47 Å². The van der Waals surface area contributed by atoms with Crippen LogP contribution in [0.1, 0.15) is 16.8 Å². The van der Waals surface area contributed by atoms with Crippen LogP contribution in [0.2, 0.25) is 0 Å². The second kappa shape index (κ2) is 9.19. The number of methoxy groups -OCH3 is 2. The first-order valence-electron chi connectivity index (χ1n) is 8.68. The lowest BCUT2D eigenvalue weighted by molar-refractivity contribution is -0.139. The molecule has 0 atom stereocenters. The summed E-state index contributed by atoms with van der Waals surface area (Å²) in [6.45, 7) is 2.13. The third-order valence-electron chi connectivity index (χ3n) is 4.04. The van der Waals surface area contributed by atoms with Gasteiger partial charge in [0.15, 0.2) is 11.5 Å². The summed E-state index contributed by atoms with van der Waals surface area (Å²) < 4.78 is 16.1. The predicted octanol–water partition coefficient (Wildman–Crippen LogP) is 4.89. The number of carbonyl (C=O) groups excluding carboxylic acids is 1. The van der Waals surface area contributed by atoms with Crippen molar-refractivity contribution < 1.29 is 19.0 Å². The second-order valence-electron chi connectivity index (χ2n) is 6.04. The van der Waals surface area contributed by atoms with Crippen LogP contribution in [0.15, 0.2) is 53.9 Å². The number of rotatable bonds is 7. The minimum Gasteiger partial charge on any atom is -0.493 e. The van der Waals surface area contributed by atoms with Crippen LogP contribution in [0.3, 0.4) is 0 Å². The molecule has 0 spiro atoms. The Kier molecular flexibility index (Phi) is 6.45. The first kappa shape index (κ1) is 19.6. The molecule has 0 aliphatic rings. The molecule has 0 fully saturated rings. The van der Waals surface area contributed by atoms with Gasteiger partial charge >= 0.3 is 5.97 Å². The molecule has 0 saturated carbocycles. The highest BCUT2D eigenvalue weighted by Crippen LogP contribution is 2.38. The van der Waals surface area contributed by atoms with Crippen molar-refractivity contribution in [2.75, 3.05) is 14.2 Å². The summed E-state index contributed by atoms with van der Waals surface area (Å²) in [4.78, 5) is 16.5. The van der Waals surface area contributed by atoms with Gasteiger partial charge < -0.3 is 14.2 Å². The molecule has 1 aromatic heterocycles. The molecule has 0 radical (unpaired) electrons. The molecule has 1 heterocycles. The summed E-state index contributed by atoms with van der Waals surface area (Å²) in [5, 5.41) is 2.64. The van der Waals surface area contributed by atoms with E-state index in [1.165, 1.54) is 23.0 Å². The van der Waals surface area contributed by atoms with E-state index < -0.39 is 5.97 Å². The van der Waals surface area contributed by atoms with Gasteiger partial charge in [-0.2, -0.15) is 0 Å². The minimum atomic E-state index is -0.408. The zero-order valence-corrected chi connectivity index (χ0v) is 16.8. The van der Waals surface area contributed by atoms with Gasteiger partial charge in [0, 0.05) is 11.5 Å². The number of thiazole rings is 1. The Labute approximate surface area is 168 Å². The number of aromatic nitrogens is 1. The molecule has 5 nitrogen and oxygen atoms in total. The van der Waals surface area contributed by atoms with Gasteiger partial charge in [0.2, 0.25) is 0 Å². The van der Waals surface area contributed by atoms with Gasteiger partial charge in [0.05, 0.1) is 25.5 Å². The van der Waals surface area contributed by atoms with Crippen LogP contribution >= 0.6 is 11.3 Å². The van der Waals surface area contributed by atoms with E-state index in [0.717, 1.165) is 16.1 Å². The monoisotopic (exact) mass is 395 g/mol. The van der Waals surface area contributed by atoms with Crippen LogP contribution in [0.25, 0.3) is 16.6 Å². The highest BCUT2D eigenvalue weighted by molar-refractivity contribution is 7.13. The van der Waals surface area contributed by atoms with Crippen molar-refractivity contribution in [3.63, 3.8) is 0 Å². The van der Waals surface area contributed by atoms with Crippen molar-refractivity contribution in [2.45, 2.75) is 13.5 Å². The van der Waals surface area contributed by atoms with Crippen molar-refractivity contribution in [1.82, 2.24) is 4.98 Å². The summed E-state index contributed by atoms with van der Waals surface area (Å²) in [7, 11) is 3.19. The molecule has 0 amide bonds. The van der Waals surface area contributed by atoms with Gasteiger partial charge in [-0.25, -0.2) is 9.78 Å². The van der Waals surface area contributed by atoms with E-state index in [9.17, 15) is 4.79 Å². The molecular formula is C22H21NO4S. The molecule has 3 rings (SSSR count).